The molecule has 0 spiro atoms. The van der Waals surface area contributed by atoms with E-state index in [1.807, 2.05) is 0 Å². The zero-order valence-corrected chi connectivity index (χ0v) is 17.1. The molecule has 1 fully saturated rings. The van der Waals surface area contributed by atoms with Crippen molar-refractivity contribution in [1.29, 1.82) is 0 Å². The van der Waals surface area contributed by atoms with Crippen LogP contribution in [-0.4, -0.2) is 23.9 Å². The molecule has 0 saturated carbocycles. The minimum Gasteiger partial charge on any atom is -0.507 e. The highest BCUT2D eigenvalue weighted by Gasteiger charge is 2.48. The second-order valence-electron chi connectivity index (χ2n) is 6.51. The van der Waals surface area contributed by atoms with Crippen molar-refractivity contribution in [3.8, 4) is 5.75 Å². The van der Waals surface area contributed by atoms with Crippen LogP contribution in [0.3, 0.4) is 0 Å². The van der Waals surface area contributed by atoms with Gasteiger partial charge in [-0.1, -0.05) is 23.2 Å². The molecule has 152 valence electrons. The van der Waals surface area contributed by atoms with Crippen molar-refractivity contribution in [2.24, 2.45) is 0 Å². The summed E-state index contributed by atoms with van der Waals surface area (Å²) in [6.45, 7) is 0. The Hall–Kier alpha value is -3.22. The van der Waals surface area contributed by atoms with Crippen molar-refractivity contribution >= 4 is 46.3 Å². The molecule has 4 rings (SSSR count). The number of hydrogen-bond donors (Lipinski definition) is 1. The van der Waals surface area contributed by atoms with Gasteiger partial charge in [0.15, 0.2) is 0 Å². The van der Waals surface area contributed by atoms with Crippen LogP contribution in [-0.2, 0) is 9.59 Å². The Morgan fingerprint density at radius 2 is 1.80 bits per heavy atom. The smallest absolute Gasteiger partial charge is 0.300 e. The molecule has 1 saturated heterocycles. The van der Waals surface area contributed by atoms with Crippen LogP contribution in [0.15, 0.2) is 70.9 Å². The average molecular weight is 444 g/mol. The Morgan fingerprint density at radius 1 is 1.07 bits per heavy atom. The normalized spacial score (nSPS) is 18.1. The Labute approximate surface area is 181 Å². The molecule has 1 atom stereocenters. The number of methoxy groups -OCH3 is 1. The number of ether oxygens (including phenoxy) is 1. The molecule has 2 heterocycles. The topological polar surface area (TPSA) is 80.0 Å². The molecular weight excluding hydrogens is 429 g/mol. The average Bonchev–Trinajstić information content (AvgIpc) is 3.37. The summed E-state index contributed by atoms with van der Waals surface area (Å²) in [6, 6.07) is 13.4. The zero-order valence-electron chi connectivity index (χ0n) is 15.6. The number of carbonyl (C=O) groups is 2. The van der Waals surface area contributed by atoms with Crippen molar-refractivity contribution in [3.05, 3.63) is 87.8 Å². The maximum absolute atomic E-state index is 12.9. The highest BCUT2D eigenvalue weighted by molar-refractivity contribution is 6.51. The van der Waals surface area contributed by atoms with Crippen LogP contribution < -0.4 is 9.64 Å². The molecule has 30 heavy (non-hydrogen) atoms. The van der Waals surface area contributed by atoms with Crippen LogP contribution >= 0.6 is 23.2 Å². The van der Waals surface area contributed by atoms with Gasteiger partial charge in [0.2, 0.25) is 0 Å². The van der Waals surface area contributed by atoms with E-state index in [2.05, 4.69) is 0 Å². The van der Waals surface area contributed by atoms with Crippen LogP contribution in [0.25, 0.3) is 5.76 Å². The minimum absolute atomic E-state index is 0.107. The number of halogens is 2. The third kappa shape index (κ3) is 3.34. The van der Waals surface area contributed by atoms with Gasteiger partial charge in [0.25, 0.3) is 11.7 Å². The molecule has 1 aliphatic rings. The molecule has 6 nitrogen and oxygen atoms in total. The van der Waals surface area contributed by atoms with E-state index in [1.54, 1.807) is 36.4 Å². The number of carbonyl (C=O) groups excluding carboxylic acids is 2. The predicted octanol–water partition coefficient (Wildman–Crippen LogP) is 5.22. The number of rotatable bonds is 4. The van der Waals surface area contributed by atoms with E-state index >= 15 is 0 Å². The molecule has 0 radical (unpaired) electrons. The van der Waals surface area contributed by atoms with E-state index in [9.17, 15) is 14.7 Å². The van der Waals surface area contributed by atoms with Gasteiger partial charge in [0.1, 0.15) is 23.3 Å². The number of hydrogen-bond acceptors (Lipinski definition) is 5. The maximum atomic E-state index is 12.9. The quantitative estimate of drug-likeness (QED) is 0.339. The first-order valence-electron chi connectivity index (χ1n) is 8.86. The number of aliphatic hydroxyl groups is 1. The summed E-state index contributed by atoms with van der Waals surface area (Å²) >= 11 is 12.0. The SMILES string of the molecule is COc1ccc(N2C(=O)C(=O)/C(=C(\O)c3ccc(Cl)c(Cl)c3)C2c2ccco2)cc1. The van der Waals surface area contributed by atoms with Crippen molar-refractivity contribution in [1.82, 2.24) is 0 Å². The first-order valence-corrected chi connectivity index (χ1v) is 9.62. The molecule has 1 aromatic heterocycles. The van der Waals surface area contributed by atoms with Gasteiger partial charge in [0, 0.05) is 11.3 Å². The molecule has 0 aliphatic carbocycles. The lowest BCUT2D eigenvalue weighted by Gasteiger charge is -2.23. The van der Waals surface area contributed by atoms with Crippen molar-refractivity contribution in [2.75, 3.05) is 12.0 Å². The fourth-order valence-corrected chi connectivity index (χ4v) is 3.65. The molecule has 1 amide bonds. The second kappa shape index (κ2) is 7.89. The van der Waals surface area contributed by atoms with E-state index in [4.69, 9.17) is 32.4 Å². The van der Waals surface area contributed by atoms with Gasteiger partial charge in [-0.2, -0.15) is 0 Å². The molecule has 3 aromatic rings. The van der Waals surface area contributed by atoms with Crippen LogP contribution in [0.4, 0.5) is 5.69 Å². The van der Waals surface area contributed by atoms with Crippen LogP contribution in [0, 0.1) is 0 Å². The summed E-state index contributed by atoms with van der Waals surface area (Å²) in [6.07, 6.45) is 1.43. The lowest BCUT2D eigenvalue weighted by Crippen LogP contribution is -2.29. The summed E-state index contributed by atoms with van der Waals surface area (Å²) < 4.78 is 10.7. The zero-order chi connectivity index (χ0) is 21.4. The number of anilines is 1. The lowest BCUT2D eigenvalue weighted by atomic mass is 9.99. The first-order chi connectivity index (χ1) is 14.4. The fourth-order valence-electron chi connectivity index (χ4n) is 3.36. The number of ketones is 1. The number of benzene rings is 2. The number of amides is 1. The van der Waals surface area contributed by atoms with Crippen molar-refractivity contribution in [3.63, 3.8) is 0 Å². The highest BCUT2D eigenvalue weighted by Crippen LogP contribution is 2.43. The first kappa shape index (κ1) is 20.1. The standard InChI is InChI=1S/C22H15Cl2NO5/c1-29-14-7-5-13(6-8-14)25-19(17-3-2-10-30-17)18(21(27)22(25)28)20(26)12-4-9-15(23)16(24)11-12/h2-11,19,26H,1H3/b20-18-. The van der Waals surface area contributed by atoms with Gasteiger partial charge in [-0.15, -0.1) is 0 Å². The number of furan rings is 1. The molecule has 2 aromatic carbocycles. The summed E-state index contributed by atoms with van der Waals surface area (Å²) in [5.74, 6) is -1.07. The maximum Gasteiger partial charge on any atom is 0.300 e. The Morgan fingerprint density at radius 3 is 2.40 bits per heavy atom. The van der Waals surface area contributed by atoms with E-state index < -0.39 is 17.7 Å². The number of nitrogens with zero attached hydrogens (tertiary/aromatic N) is 1. The monoisotopic (exact) mass is 443 g/mol. The second-order valence-corrected chi connectivity index (χ2v) is 7.33. The molecular formula is C22H15Cl2NO5. The minimum atomic E-state index is -0.956. The van der Waals surface area contributed by atoms with Gasteiger partial charge < -0.3 is 14.3 Å². The molecule has 8 heteroatoms. The molecule has 1 N–H and O–H groups in total. The third-order valence-electron chi connectivity index (χ3n) is 4.80. The van der Waals surface area contributed by atoms with Crippen molar-refractivity contribution < 1.29 is 23.8 Å². The molecule has 0 bridgehead atoms. The van der Waals surface area contributed by atoms with E-state index in [0.29, 0.717) is 22.2 Å². The summed E-state index contributed by atoms with van der Waals surface area (Å²) in [5, 5.41) is 11.5. The van der Waals surface area contributed by atoms with Crippen LogP contribution in [0.5, 0.6) is 5.75 Å². The summed E-state index contributed by atoms with van der Waals surface area (Å²) in [5.41, 5.74) is 0.602. The van der Waals surface area contributed by atoms with Gasteiger partial charge >= 0.3 is 0 Å². The van der Waals surface area contributed by atoms with Crippen LogP contribution in [0.2, 0.25) is 10.0 Å². The predicted molar refractivity (Wildman–Crippen MR) is 113 cm³/mol. The fraction of sp³-hybridized carbons (Fsp3) is 0.0909. The van der Waals surface area contributed by atoms with Gasteiger partial charge in [-0.3, -0.25) is 14.5 Å². The summed E-state index contributed by atoms with van der Waals surface area (Å²) in [4.78, 5) is 27.2. The molecule has 1 unspecified atom stereocenters. The number of Topliss-reactive ketones (excluding diaryl/α,β-unsaturated/α-hetero) is 1. The van der Waals surface area contributed by atoms with Gasteiger partial charge in [-0.05, 0) is 54.6 Å². The van der Waals surface area contributed by atoms with E-state index in [-0.39, 0.29) is 21.9 Å². The van der Waals surface area contributed by atoms with Crippen LogP contribution in [0.1, 0.15) is 17.4 Å². The third-order valence-corrected chi connectivity index (χ3v) is 5.54. The van der Waals surface area contributed by atoms with E-state index in [0.717, 1.165) is 0 Å². The highest BCUT2D eigenvalue weighted by atomic mass is 35.5. The van der Waals surface area contributed by atoms with Gasteiger partial charge in [-0.25, -0.2) is 0 Å². The van der Waals surface area contributed by atoms with Crippen molar-refractivity contribution in [2.45, 2.75) is 6.04 Å². The lowest BCUT2D eigenvalue weighted by molar-refractivity contribution is -0.132. The number of aliphatic hydroxyl groups excluding tert-OH is 1. The molecule has 1 aliphatic heterocycles. The Bertz CT molecular complexity index is 1150. The Kier molecular flexibility index (Phi) is 5.28. The summed E-state index contributed by atoms with van der Waals surface area (Å²) in [7, 11) is 1.53. The van der Waals surface area contributed by atoms with E-state index in [1.165, 1.54) is 36.5 Å². The van der Waals surface area contributed by atoms with Gasteiger partial charge in [0.05, 0.1) is 29.0 Å². The largest absolute Gasteiger partial charge is 0.507 e. The Balaban J connectivity index is 1.90.